The molecule has 2 amide bonds. The van der Waals surface area contributed by atoms with Crippen LogP contribution in [-0.2, 0) is 35.3 Å². The first-order valence-electron chi connectivity index (χ1n) is 8.14. The zero-order valence-corrected chi connectivity index (χ0v) is 13.2. The number of urea groups is 1. The summed E-state index contributed by atoms with van der Waals surface area (Å²) >= 11 is 0. The normalized spacial score (nSPS) is 16.2. The van der Waals surface area contributed by atoms with Crippen LogP contribution in [0, 0.1) is 0 Å². The van der Waals surface area contributed by atoms with Crippen molar-refractivity contribution in [2.75, 3.05) is 5.32 Å². The lowest BCUT2D eigenvalue weighted by atomic mass is 9.99. The van der Waals surface area contributed by atoms with Gasteiger partial charge in [0.1, 0.15) is 6.04 Å². The van der Waals surface area contributed by atoms with Crippen molar-refractivity contribution in [2.24, 2.45) is 0 Å². The summed E-state index contributed by atoms with van der Waals surface area (Å²) in [6.07, 6.45) is 5.22. The Morgan fingerprint density at radius 2 is 1.58 bits per heavy atom. The maximum Gasteiger partial charge on any atom is 0.326 e. The minimum atomic E-state index is -1.45. The molecule has 0 radical (unpaired) electrons. The molecule has 0 spiro atoms. The monoisotopic (exact) mass is 332 g/mol. The highest BCUT2D eigenvalue weighted by Gasteiger charge is 2.27. The molecule has 1 aromatic carbocycles. The highest BCUT2D eigenvalue weighted by molar-refractivity contribution is 5.95. The Bertz CT molecular complexity index is 681. The summed E-state index contributed by atoms with van der Waals surface area (Å²) in [6, 6.07) is 0.114. The lowest BCUT2D eigenvalue weighted by Gasteiger charge is -2.18. The molecule has 3 rings (SSSR count). The highest BCUT2D eigenvalue weighted by atomic mass is 16.4. The number of carbonyl (C=O) groups excluding carboxylic acids is 1. The fourth-order valence-corrected chi connectivity index (χ4v) is 3.65. The molecule has 0 saturated carbocycles. The Hall–Kier alpha value is -2.57. The fraction of sp³-hybridized carbons (Fsp3) is 0.471. The van der Waals surface area contributed by atoms with E-state index in [1.165, 1.54) is 11.1 Å². The zero-order chi connectivity index (χ0) is 17.3. The van der Waals surface area contributed by atoms with Gasteiger partial charge in [-0.15, -0.1) is 0 Å². The second kappa shape index (κ2) is 6.51. The molecule has 0 aliphatic heterocycles. The molecule has 1 atom stereocenters. The average Bonchev–Trinajstić information content (AvgIpc) is 3.14. The molecule has 4 N–H and O–H groups in total. The minimum Gasteiger partial charge on any atom is -0.481 e. The van der Waals surface area contributed by atoms with Gasteiger partial charge in [-0.2, -0.15) is 0 Å². The van der Waals surface area contributed by atoms with Gasteiger partial charge in [0.2, 0.25) is 0 Å². The van der Waals surface area contributed by atoms with Crippen LogP contribution in [0.3, 0.4) is 0 Å². The molecule has 128 valence electrons. The third-order valence-electron chi connectivity index (χ3n) is 4.69. The molecule has 2 aliphatic carbocycles. The summed E-state index contributed by atoms with van der Waals surface area (Å²) in [4.78, 5) is 34.0. The van der Waals surface area contributed by atoms with Crippen molar-refractivity contribution >= 4 is 23.7 Å². The Morgan fingerprint density at radius 3 is 2.08 bits per heavy atom. The number of benzene rings is 1. The zero-order valence-electron chi connectivity index (χ0n) is 13.2. The predicted octanol–water partition coefficient (Wildman–Crippen LogP) is 1.71. The van der Waals surface area contributed by atoms with Crippen LogP contribution >= 0.6 is 0 Å². The van der Waals surface area contributed by atoms with Crippen molar-refractivity contribution in [1.29, 1.82) is 0 Å². The van der Waals surface area contributed by atoms with Gasteiger partial charge in [-0.25, -0.2) is 9.59 Å². The predicted molar refractivity (Wildman–Crippen MR) is 86.3 cm³/mol. The Morgan fingerprint density at radius 1 is 1.00 bits per heavy atom. The number of carboxylic acid groups (broad SMARTS) is 2. The van der Waals surface area contributed by atoms with Crippen molar-refractivity contribution in [3.8, 4) is 0 Å². The number of anilines is 1. The number of hydrogen-bond acceptors (Lipinski definition) is 3. The van der Waals surface area contributed by atoms with Gasteiger partial charge in [0, 0.05) is 5.69 Å². The summed E-state index contributed by atoms with van der Waals surface area (Å²) < 4.78 is 0. The maximum absolute atomic E-state index is 12.2. The van der Waals surface area contributed by atoms with Gasteiger partial charge in [0.05, 0.1) is 6.42 Å². The van der Waals surface area contributed by atoms with Crippen LogP contribution in [0.1, 0.15) is 41.5 Å². The summed E-state index contributed by atoms with van der Waals surface area (Å²) in [7, 11) is 0. The lowest BCUT2D eigenvalue weighted by molar-refractivity contribution is -0.145. The van der Waals surface area contributed by atoms with Gasteiger partial charge >= 0.3 is 18.0 Å². The van der Waals surface area contributed by atoms with E-state index in [9.17, 15) is 14.4 Å². The van der Waals surface area contributed by atoms with Crippen LogP contribution < -0.4 is 10.6 Å². The van der Waals surface area contributed by atoms with E-state index in [2.05, 4.69) is 16.7 Å². The molecule has 1 unspecified atom stereocenters. The molecular formula is C17H20N2O5. The maximum atomic E-state index is 12.2. The summed E-state index contributed by atoms with van der Waals surface area (Å²) in [6.45, 7) is 0. The average molecular weight is 332 g/mol. The third-order valence-corrected chi connectivity index (χ3v) is 4.69. The topological polar surface area (TPSA) is 116 Å². The van der Waals surface area contributed by atoms with Gasteiger partial charge in [0.15, 0.2) is 0 Å². The smallest absolute Gasteiger partial charge is 0.326 e. The Labute approximate surface area is 139 Å². The number of hydrogen-bond donors (Lipinski definition) is 4. The van der Waals surface area contributed by atoms with E-state index in [1.807, 2.05) is 0 Å². The fourth-order valence-electron chi connectivity index (χ4n) is 3.65. The first kappa shape index (κ1) is 16.3. The van der Waals surface area contributed by atoms with Crippen molar-refractivity contribution < 1.29 is 24.6 Å². The first-order chi connectivity index (χ1) is 11.5. The number of nitrogens with one attached hydrogen (secondary N) is 2. The number of amides is 2. The van der Waals surface area contributed by atoms with E-state index in [0.29, 0.717) is 0 Å². The number of carboxylic acids is 2. The van der Waals surface area contributed by atoms with Gasteiger partial charge < -0.3 is 20.8 Å². The molecule has 0 aromatic heterocycles. The van der Waals surface area contributed by atoms with Crippen LogP contribution in [0.15, 0.2) is 6.07 Å². The van der Waals surface area contributed by atoms with Crippen LogP contribution in [0.2, 0.25) is 0 Å². The number of aryl methyl sites for hydroxylation is 2. The van der Waals surface area contributed by atoms with Gasteiger partial charge in [0.25, 0.3) is 0 Å². The van der Waals surface area contributed by atoms with E-state index >= 15 is 0 Å². The quantitative estimate of drug-likeness (QED) is 0.655. The van der Waals surface area contributed by atoms with Crippen molar-refractivity contribution in [3.05, 3.63) is 28.3 Å². The molecule has 0 fully saturated rings. The SMILES string of the molecule is O=C(O)CC(NC(=O)Nc1c2c(cc3c1CCC3)CCC2)C(=O)O. The largest absolute Gasteiger partial charge is 0.481 e. The van der Waals surface area contributed by atoms with Crippen LogP contribution in [0.4, 0.5) is 10.5 Å². The highest BCUT2D eigenvalue weighted by Crippen LogP contribution is 2.38. The summed E-state index contributed by atoms with van der Waals surface area (Å²) in [5, 5.41) is 22.8. The second-order valence-corrected chi connectivity index (χ2v) is 6.32. The molecule has 1 aromatic rings. The van der Waals surface area contributed by atoms with E-state index in [-0.39, 0.29) is 0 Å². The van der Waals surface area contributed by atoms with Crippen molar-refractivity contribution in [1.82, 2.24) is 5.32 Å². The van der Waals surface area contributed by atoms with Crippen LogP contribution in [0.25, 0.3) is 0 Å². The molecular weight excluding hydrogens is 312 g/mol. The third kappa shape index (κ3) is 3.20. The number of aliphatic carboxylic acids is 2. The Balaban J connectivity index is 1.80. The lowest BCUT2D eigenvalue weighted by Crippen LogP contribution is -2.44. The molecule has 7 heteroatoms. The molecule has 2 aliphatic rings. The Kier molecular flexibility index (Phi) is 4.42. The summed E-state index contributed by atoms with van der Waals surface area (Å²) in [5.74, 6) is -2.64. The van der Waals surface area contributed by atoms with Gasteiger partial charge in [-0.05, 0) is 60.8 Å². The van der Waals surface area contributed by atoms with E-state index < -0.39 is 30.4 Å². The molecule has 0 bridgehead atoms. The van der Waals surface area contributed by atoms with Crippen molar-refractivity contribution in [3.63, 3.8) is 0 Å². The standard InChI is InChI=1S/C17H20N2O5/c20-14(21)8-13(16(22)23)18-17(24)19-15-11-5-1-3-9(11)7-10-4-2-6-12(10)15/h7,13H,1-6,8H2,(H,20,21)(H,22,23)(H2,18,19,24). The first-order valence-corrected chi connectivity index (χ1v) is 8.14. The van der Waals surface area contributed by atoms with E-state index in [4.69, 9.17) is 10.2 Å². The number of carbonyl (C=O) groups is 3. The summed E-state index contributed by atoms with van der Waals surface area (Å²) in [5.41, 5.74) is 5.58. The molecule has 0 saturated heterocycles. The molecule has 7 nitrogen and oxygen atoms in total. The van der Waals surface area contributed by atoms with Gasteiger partial charge in [-0.1, -0.05) is 6.07 Å². The minimum absolute atomic E-state index is 0.659. The number of fused-ring (bicyclic) bond motifs is 2. The van der Waals surface area contributed by atoms with Crippen molar-refractivity contribution in [2.45, 2.75) is 51.0 Å². The van der Waals surface area contributed by atoms with E-state index in [1.54, 1.807) is 0 Å². The number of rotatable bonds is 5. The molecule has 0 heterocycles. The molecule has 24 heavy (non-hydrogen) atoms. The second-order valence-electron chi connectivity index (χ2n) is 6.32. The van der Waals surface area contributed by atoms with E-state index in [0.717, 1.165) is 55.3 Å². The van der Waals surface area contributed by atoms with Crippen LogP contribution in [-0.4, -0.2) is 34.2 Å². The van der Waals surface area contributed by atoms with Gasteiger partial charge in [-0.3, -0.25) is 4.79 Å². The van der Waals surface area contributed by atoms with Crippen LogP contribution in [0.5, 0.6) is 0 Å².